The normalized spacial score (nSPS) is 62.5. The molecule has 0 saturated heterocycles. The molecule has 0 aromatic heterocycles. The van der Waals surface area contributed by atoms with E-state index in [-0.39, 0.29) is 0 Å². The highest BCUT2D eigenvalue weighted by molar-refractivity contribution is 5.36. The molecule has 74 valence electrons. The maximum absolute atomic E-state index is 2.58. The van der Waals surface area contributed by atoms with E-state index in [2.05, 4.69) is 20.8 Å². The van der Waals surface area contributed by atoms with Gasteiger partial charge in [-0.15, -0.1) is 0 Å². The summed E-state index contributed by atoms with van der Waals surface area (Å²) in [6, 6.07) is 0. The summed E-state index contributed by atoms with van der Waals surface area (Å²) >= 11 is 0. The average molecular weight is 178 g/mol. The fourth-order valence-electron chi connectivity index (χ4n) is 5.36. The zero-order valence-electron chi connectivity index (χ0n) is 9.32. The Balaban J connectivity index is 1.90. The van der Waals surface area contributed by atoms with E-state index in [1.165, 1.54) is 25.7 Å². The van der Waals surface area contributed by atoms with Gasteiger partial charge in [0.15, 0.2) is 0 Å². The molecule has 0 aromatic carbocycles. The monoisotopic (exact) mass is 178 g/mol. The summed E-state index contributed by atoms with van der Waals surface area (Å²) in [6.45, 7) is 7.49. The van der Waals surface area contributed by atoms with Crippen molar-refractivity contribution in [3.8, 4) is 0 Å². The molecule has 4 atom stereocenters. The fourth-order valence-corrected chi connectivity index (χ4v) is 5.36. The third kappa shape index (κ3) is 0.649. The fraction of sp³-hybridized carbons (Fsp3) is 1.00. The first-order valence-electron chi connectivity index (χ1n) is 6.11. The quantitative estimate of drug-likeness (QED) is 0.599. The number of hydrogen-bond donors (Lipinski definition) is 0. The summed E-state index contributed by atoms with van der Waals surface area (Å²) in [5.74, 6) is 1.12. The van der Waals surface area contributed by atoms with Gasteiger partial charge >= 0.3 is 0 Å². The molecule has 3 fully saturated rings. The molecule has 13 heavy (non-hydrogen) atoms. The van der Waals surface area contributed by atoms with Crippen molar-refractivity contribution < 1.29 is 0 Å². The van der Waals surface area contributed by atoms with Gasteiger partial charge in [0.05, 0.1) is 0 Å². The van der Waals surface area contributed by atoms with Gasteiger partial charge in [-0.05, 0) is 47.8 Å². The molecule has 0 aliphatic heterocycles. The van der Waals surface area contributed by atoms with Gasteiger partial charge in [0.25, 0.3) is 0 Å². The molecule has 1 spiro atoms. The molecule has 0 radical (unpaired) electrons. The van der Waals surface area contributed by atoms with Crippen LogP contribution in [0.25, 0.3) is 0 Å². The van der Waals surface area contributed by atoms with Gasteiger partial charge in [-0.3, -0.25) is 0 Å². The minimum atomic E-state index is 0.771. The van der Waals surface area contributed by atoms with E-state index >= 15 is 0 Å². The third-order valence-electron chi connectivity index (χ3n) is 5.91. The zero-order valence-corrected chi connectivity index (χ0v) is 9.32. The summed E-state index contributed by atoms with van der Waals surface area (Å²) < 4.78 is 0. The van der Waals surface area contributed by atoms with E-state index < -0.39 is 0 Å². The van der Waals surface area contributed by atoms with Crippen LogP contribution in [0.5, 0.6) is 0 Å². The Bertz CT molecular complexity index is 257. The summed E-state index contributed by atoms with van der Waals surface area (Å²) in [5.41, 5.74) is 2.42. The standard InChI is InChI=1S/C13H22/c1-4-7-12(3)10-6-5-8-11(2)9-13(10,11)12/h10H,4-9H2,1-3H3. The SMILES string of the molecule is CCCC1(C)C2CCCC3(C)CC231. The lowest BCUT2D eigenvalue weighted by molar-refractivity contribution is 0.344. The molecule has 0 heterocycles. The van der Waals surface area contributed by atoms with E-state index in [0.717, 1.165) is 22.2 Å². The molecule has 3 rings (SSSR count). The topological polar surface area (TPSA) is 0 Å². The summed E-state index contributed by atoms with van der Waals surface area (Å²) in [4.78, 5) is 0. The van der Waals surface area contributed by atoms with Gasteiger partial charge in [0.2, 0.25) is 0 Å². The second-order valence-electron chi connectivity index (χ2n) is 6.32. The third-order valence-corrected chi connectivity index (χ3v) is 5.91. The van der Waals surface area contributed by atoms with Crippen molar-refractivity contribution in [1.82, 2.24) is 0 Å². The van der Waals surface area contributed by atoms with Crippen LogP contribution in [-0.4, -0.2) is 0 Å². The van der Waals surface area contributed by atoms with E-state index in [1.807, 2.05) is 0 Å². The molecule has 0 amide bonds. The molecule has 3 aliphatic carbocycles. The Hall–Kier alpha value is 0. The lowest BCUT2D eigenvalue weighted by atomic mass is 9.89. The van der Waals surface area contributed by atoms with Crippen LogP contribution in [0.15, 0.2) is 0 Å². The van der Waals surface area contributed by atoms with Crippen LogP contribution in [0, 0.1) is 22.2 Å². The van der Waals surface area contributed by atoms with Gasteiger partial charge in [-0.25, -0.2) is 0 Å². The van der Waals surface area contributed by atoms with E-state index in [9.17, 15) is 0 Å². The molecular weight excluding hydrogens is 156 g/mol. The number of rotatable bonds is 2. The highest BCUT2D eigenvalue weighted by Gasteiger charge is 2.88. The Labute approximate surface area is 82.1 Å². The minimum absolute atomic E-state index is 0.771. The zero-order chi connectivity index (χ0) is 9.32. The van der Waals surface area contributed by atoms with Crippen molar-refractivity contribution in [2.45, 2.75) is 59.3 Å². The van der Waals surface area contributed by atoms with E-state index in [0.29, 0.717) is 0 Å². The lowest BCUT2D eigenvalue weighted by Crippen LogP contribution is -2.06. The van der Waals surface area contributed by atoms with E-state index in [1.54, 1.807) is 12.8 Å². The highest BCUT2D eigenvalue weighted by atomic mass is 14.9. The van der Waals surface area contributed by atoms with Crippen LogP contribution < -0.4 is 0 Å². The van der Waals surface area contributed by atoms with Crippen LogP contribution >= 0.6 is 0 Å². The van der Waals surface area contributed by atoms with Crippen LogP contribution in [0.3, 0.4) is 0 Å². The average Bonchev–Trinajstić information content (AvgIpc) is 2.84. The summed E-state index contributed by atoms with van der Waals surface area (Å²) in [5, 5.41) is 0. The maximum Gasteiger partial charge on any atom is -0.0148 e. The largest absolute Gasteiger partial charge is 0.0654 e. The van der Waals surface area contributed by atoms with Crippen molar-refractivity contribution in [2.24, 2.45) is 22.2 Å². The molecule has 3 aliphatic rings. The first-order chi connectivity index (χ1) is 6.11. The molecular formula is C13H22. The molecule has 0 N–H and O–H groups in total. The molecule has 3 saturated carbocycles. The predicted molar refractivity (Wildman–Crippen MR) is 55.5 cm³/mol. The van der Waals surface area contributed by atoms with Crippen molar-refractivity contribution >= 4 is 0 Å². The smallest absolute Gasteiger partial charge is 0.0148 e. The van der Waals surface area contributed by atoms with Gasteiger partial charge in [0.1, 0.15) is 0 Å². The Morgan fingerprint density at radius 1 is 1.31 bits per heavy atom. The van der Waals surface area contributed by atoms with Crippen LogP contribution in [0.1, 0.15) is 59.3 Å². The first-order valence-corrected chi connectivity index (χ1v) is 6.11. The van der Waals surface area contributed by atoms with Gasteiger partial charge < -0.3 is 0 Å². The molecule has 0 nitrogen and oxygen atoms in total. The maximum atomic E-state index is 2.58. The minimum Gasteiger partial charge on any atom is -0.0654 e. The van der Waals surface area contributed by atoms with Gasteiger partial charge in [-0.1, -0.05) is 33.6 Å². The van der Waals surface area contributed by atoms with Crippen LogP contribution in [0.4, 0.5) is 0 Å². The Morgan fingerprint density at radius 2 is 2.08 bits per heavy atom. The molecule has 0 bridgehead atoms. The highest BCUT2D eigenvalue weighted by Crippen LogP contribution is 2.95. The van der Waals surface area contributed by atoms with Gasteiger partial charge in [-0.2, -0.15) is 0 Å². The lowest BCUT2D eigenvalue weighted by Gasteiger charge is -2.15. The molecule has 4 unspecified atom stereocenters. The second-order valence-corrected chi connectivity index (χ2v) is 6.32. The van der Waals surface area contributed by atoms with Crippen LogP contribution in [0.2, 0.25) is 0 Å². The Morgan fingerprint density at radius 3 is 2.69 bits per heavy atom. The van der Waals surface area contributed by atoms with Crippen molar-refractivity contribution in [2.75, 3.05) is 0 Å². The molecule has 0 heteroatoms. The van der Waals surface area contributed by atoms with Crippen molar-refractivity contribution in [1.29, 1.82) is 0 Å². The summed E-state index contributed by atoms with van der Waals surface area (Å²) in [6.07, 6.45) is 9.05. The predicted octanol–water partition coefficient (Wildman–Crippen LogP) is 4.00. The number of hydrogen-bond acceptors (Lipinski definition) is 0. The first kappa shape index (κ1) is 8.32. The van der Waals surface area contributed by atoms with Crippen LogP contribution in [-0.2, 0) is 0 Å². The van der Waals surface area contributed by atoms with E-state index in [4.69, 9.17) is 0 Å². The Kier molecular flexibility index (Phi) is 1.27. The van der Waals surface area contributed by atoms with Gasteiger partial charge in [0, 0.05) is 0 Å². The van der Waals surface area contributed by atoms with Crippen molar-refractivity contribution in [3.05, 3.63) is 0 Å². The second kappa shape index (κ2) is 1.99. The molecule has 0 aromatic rings. The summed E-state index contributed by atoms with van der Waals surface area (Å²) in [7, 11) is 0. The van der Waals surface area contributed by atoms with Crippen molar-refractivity contribution in [3.63, 3.8) is 0 Å².